The first-order valence-electron chi connectivity index (χ1n) is 7.43. The summed E-state index contributed by atoms with van der Waals surface area (Å²) in [5, 5.41) is 7.95. The minimum Gasteiger partial charge on any atom is -0.399 e. The monoisotopic (exact) mass is 311 g/mol. The van der Waals surface area contributed by atoms with E-state index < -0.39 is 0 Å². The molecule has 0 spiro atoms. The minimum absolute atomic E-state index is 0.658. The van der Waals surface area contributed by atoms with Gasteiger partial charge in [0, 0.05) is 17.5 Å². The molecule has 1 aromatic heterocycles. The zero-order valence-corrected chi connectivity index (χ0v) is 13.7. The molecule has 120 valence electrons. The Bertz CT molecular complexity index is 664. The molecule has 2 aromatic rings. The van der Waals surface area contributed by atoms with Crippen molar-refractivity contribution < 1.29 is 9.68 Å². The highest BCUT2D eigenvalue weighted by molar-refractivity contribution is 6.47. The molecule has 2 rings (SSSR count). The average Bonchev–Trinajstić information content (AvgIpc) is 2.59. The van der Waals surface area contributed by atoms with Crippen LogP contribution in [0.4, 0.5) is 0 Å². The molecule has 0 bridgehead atoms. The summed E-state index contributed by atoms with van der Waals surface area (Å²) in [7, 11) is 3.02. The lowest BCUT2D eigenvalue weighted by Crippen LogP contribution is -2.13. The van der Waals surface area contributed by atoms with Crippen LogP contribution in [0.15, 0.2) is 59.0 Å². The first-order valence-corrected chi connectivity index (χ1v) is 7.43. The van der Waals surface area contributed by atoms with E-state index in [0.29, 0.717) is 11.4 Å². The number of nitrogens with zero attached hydrogens (tertiary/aromatic N) is 3. The van der Waals surface area contributed by atoms with Crippen LogP contribution in [0.25, 0.3) is 0 Å². The fourth-order valence-electron chi connectivity index (χ4n) is 2.25. The van der Waals surface area contributed by atoms with Crippen molar-refractivity contribution in [2.45, 2.75) is 19.8 Å². The van der Waals surface area contributed by atoms with Gasteiger partial charge in [-0.05, 0) is 37.5 Å². The van der Waals surface area contributed by atoms with E-state index in [1.54, 1.807) is 0 Å². The Balaban J connectivity index is 2.08. The van der Waals surface area contributed by atoms with E-state index in [1.165, 1.54) is 19.8 Å². The van der Waals surface area contributed by atoms with Gasteiger partial charge in [-0.3, -0.25) is 4.98 Å². The predicted molar refractivity (Wildman–Crippen MR) is 91.8 cm³/mol. The van der Waals surface area contributed by atoms with Crippen molar-refractivity contribution in [1.29, 1.82) is 0 Å². The second kappa shape index (κ2) is 8.68. The Labute approximate surface area is 136 Å². The number of oxime groups is 2. The van der Waals surface area contributed by atoms with Crippen LogP contribution in [0.2, 0.25) is 0 Å². The molecule has 0 fully saturated rings. The Morgan fingerprint density at radius 2 is 1.70 bits per heavy atom. The first kappa shape index (κ1) is 16.7. The second-order valence-electron chi connectivity index (χ2n) is 5.00. The van der Waals surface area contributed by atoms with Crippen molar-refractivity contribution in [3.05, 3.63) is 65.5 Å². The molecule has 0 aliphatic heterocycles. The van der Waals surface area contributed by atoms with Gasteiger partial charge in [-0.25, -0.2) is 0 Å². The van der Waals surface area contributed by atoms with Crippen LogP contribution < -0.4 is 0 Å². The van der Waals surface area contributed by atoms with Crippen LogP contribution >= 0.6 is 0 Å². The van der Waals surface area contributed by atoms with E-state index in [9.17, 15) is 0 Å². The first-order chi connectivity index (χ1) is 11.2. The summed E-state index contributed by atoms with van der Waals surface area (Å²) in [6.07, 6.45) is 3.69. The SMILES string of the molecule is CO/N=C(C)/C(=N/OC)c1ccc(CCc2ccccn2)cc1. The van der Waals surface area contributed by atoms with Crippen molar-refractivity contribution in [1.82, 2.24) is 4.98 Å². The van der Waals surface area contributed by atoms with Crippen molar-refractivity contribution in [2.24, 2.45) is 10.3 Å². The van der Waals surface area contributed by atoms with Gasteiger partial charge in [-0.15, -0.1) is 0 Å². The van der Waals surface area contributed by atoms with Gasteiger partial charge >= 0.3 is 0 Å². The van der Waals surface area contributed by atoms with Crippen LogP contribution in [0, 0.1) is 0 Å². The van der Waals surface area contributed by atoms with Gasteiger partial charge in [0.25, 0.3) is 0 Å². The summed E-state index contributed by atoms with van der Waals surface area (Å²) in [5.74, 6) is 0. The average molecular weight is 311 g/mol. The number of aromatic nitrogens is 1. The molecule has 0 amide bonds. The maximum atomic E-state index is 4.90. The molecule has 0 aliphatic rings. The smallest absolute Gasteiger partial charge is 0.134 e. The largest absolute Gasteiger partial charge is 0.399 e. The quantitative estimate of drug-likeness (QED) is 0.582. The van der Waals surface area contributed by atoms with Crippen molar-refractivity contribution in [3.8, 4) is 0 Å². The molecular weight excluding hydrogens is 290 g/mol. The summed E-state index contributed by atoms with van der Waals surface area (Å²) >= 11 is 0. The van der Waals surface area contributed by atoms with Gasteiger partial charge < -0.3 is 9.68 Å². The van der Waals surface area contributed by atoms with E-state index in [1.807, 2.05) is 43.5 Å². The normalized spacial score (nSPS) is 12.1. The lowest BCUT2D eigenvalue weighted by atomic mass is 10.0. The third-order valence-corrected chi connectivity index (χ3v) is 3.38. The highest BCUT2D eigenvalue weighted by Gasteiger charge is 2.09. The number of hydrogen-bond donors (Lipinski definition) is 0. The van der Waals surface area contributed by atoms with Crippen molar-refractivity contribution in [2.75, 3.05) is 14.2 Å². The third kappa shape index (κ3) is 4.92. The van der Waals surface area contributed by atoms with Crippen molar-refractivity contribution >= 4 is 11.4 Å². The fourth-order valence-corrected chi connectivity index (χ4v) is 2.25. The second-order valence-corrected chi connectivity index (χ2v) is 5.00. The highest BCUT2D eigenvalue weighted by atomic mass is 16.6. The highest BCUT2D eigenvalue weighted by Crippen LogP contribution is 2.10. The van der Waals surface area contributed by atoms with Gasteiger partial charge in [-0.1, -0.05) is 40.6 Å². The van der Waals surface area contributed by atoms with E-state index in [4.69, 9.17) is 9.68 Å². The summed E-state index contributed by atoms with van der Waals surface area (Å²) < 4.78 is 0. The van der Waals surface area contributed by atoms with Crippen molar-refractivity contribution in [3.63, 3.8) is 0 Å². The predicted octanol–water partition coefficient (Wildman–Crippen LogP) is 3.24. The summed E-state index contributed by atoms with van der Waals surface area (Å²) in [5.41, 5.74) is 4.60. The van der Waals surface area contributed by atoms with E-state index in [2.05, 4.69) is 27.4 Å². The molecule has 0 atom stereocenters. The molecule has 0 radical (unpaired) electrons. The molecule has 1 heterocycles. The van der Waals surface area contributed by atoms with Crippen LogP contribution in [0.3, 0.4) is 0 Å². The molecule has 0 aliphatic carbocycles. The zero-order valence-electron chi connectivity index (χ0n) is 13.7. The number of rotatable bonds is 7. The molecule has 1 aromatic carbocycles. The summed E-state index contributed by atoms with van der Waals surface area (Å²) in [6, 6.07) is 14.2. The Hall–Kier alpha value is -2.69. The van der Waals surface area contributed by atoms with Gasteiger partial charge in [0.05, 0.1) is 0 Å². The summed E-state index contributed by atoms with van der Waals surface area (Å²) in [6.45, 7) is 1.83. The van der Waals surface area contributed by atoms with Gasteiger partial charge in [0.1, 0.15) is 25.6 Å². The van der Waals surface area contributed by atoms with E-state index >= 15 is 0 Å². The Morgan fingerprint density at radius 3 is 2.30 bits per heavy atom. The molecule has 5 nitrogen and oxygen atoms in total. The number of aryl methyl sites for hydroxylation is 2. The number of pyridine rings is 1. The molecule has 0 N–H and O–H groups in total. The van der Waals surface area contributed by atoms with Crippen LogP contribution in [-0.4, -0.2) is 30.6 Å². The topological polar surface area (TPSA) is 56.1 Å². The van der Waals surface area contributed by atoms with Gasteiger partial charge in [0.2, 0.25) is 0 Å². The van der Waals surface area contributed by atoms with Crippen LogP contribution in [0.1, 0.15) is 23.7 Å². The van der Waals surface area contributed by atoms with Crippen LogP contribution in [0.5, 0.6) is 0 Å². The fraction of sp³-hybridized carbons (Fsp3) is 0.278. The zero-order chi connectivity index (χ0) is 16.5. The lowest BCUT2D eigenvalue weighted by molar-refractivity contribution is 0.210. The molecule has 23 heavy (non-hydrogen) atoms. The van der Waals surface area contributed by atoms with E-state index in [-0.39, 0.29) is 0 Å². The number of hydrogen-bond acceptors (Lipinski definition) is 5. The number of benzene rings is 1. The molecule has 0 saturated heterocycles. The minimum atomic E-state index is 0.658. The maximum absolute atomic E-state index is 4.90. The van der Waals surface area contributed by atoms with Crippen LogP contribution in [-0.2, 0) is 22.5 Å². The standard InChI is InChI=1S/C18H21N3O2/c1-14(20-22-2)18(21-23-3)16-10-7-15(8-11-16)9-12-17-6-4-5-13-19-17/h4-8,10-11,13H,9,12H2,1-3H3/b20-14+,21-18-. The lowest BCUT2D eigenvalue weighted by Gasteiger charge is -2.07. The Morgan fingerprint density at radius 1 is 0.957 bits per heavy atom. The molecule has 0 saturated carbocycles. The van der Waals surface area contributed by atoms with E-state index in [0.717, 1.165) is 24.1 Å². The molecule has 0 unspecified atom stereocenters. The molecule has 5 heteroatoms. The van der Waals surface area contributed by atoms with Gasteiger partial charge in [0.15, 0.2) is 0 Å². The Kier molecular flexibility index (Phi) is 6.29. The van der Waals surface area contributed by atoms with Gasteiger partial charge in [-0.2, -0.15) is 0 Å². The maximum Gasteiger partial charge on any atom is 0.134 e. The molecular formula is C18H21N3O2. The summed E-state index contributed by atoms with van der Waals surface area (Å²) in [4.78, 5) is 14.1. The third-order valence-electron chi connectivity index (χ3n) is 3.38.